The maximum atomic E-state index is 11.7. The molecule has 0 fully saturated rings. The summed E-state index contributed by atoms with van der Waals surface area (Å²) >= 11 is 0. The first-order valence-electron chi connectivity index (χ1n) is 6.14. The van der Waals surface area contributed by atoms with Gasteiger partial charge in [-0.1, -0.05) is 32.0 Å². The van der Waals surface area contributed by atoms with E-state index in [0.717, 1.165) is 5.56 Å². The van der Waals surface area contributed by atoms with Gasteiger partial charge in [-0.3, -0.25) is 4.79 Å². The van der Waals surface area contributed by atoms with Crippen molar-refractivity contribution in [2.75, 3.05) is 0 Å². The van der Waals surface area contributed by atoms with Crippen molar-refractivity contribution in [3.8, 4) is 0 Å². The fourth-order valence-electron chi connectivity index (χ4n) is 1.41. The second-order valence-corrected chi connectivity index (χ2v) is 3.46. The molecule has 0 aliphatic rings. The summed E-state index contributed by atoms with van der Waals surface area (Å²) in [5.74, 6) is -0.0477. The number of hydrogen-bond donors (Lipinski definition) is 1. The molecule has 0 aromatic heterocycles. The predicted molar refractivity (Wildman–Crippen MR) is 74.2 cm³/mol. The van der Waals surface area contributed by atoms with Crippen LogP contribution in [-0.4, -0.2) is 5.91 Å². The summed E-state index contributed by atoms with van der Waals surface area (Å²) in [6.07, 6.45) is 0. The van der Waals surface area contributed by atoms with Crippen LogP contribution >= 0.6 is 0 Å². The van der Waals surface area contributed by atoms with Crippen molar-refractivity contribution in [1.29, 1.82) is 0 Å². The van der Waals surface area contributed by atoms with Crippen LogP contribution < -0.4 is 5.32 Å². The summed E-state index contributed by atoms with van der Waals surface area (Å²) in [4.78, 5) is 11.7. The minimum absolute atomic E-state index is 0. The second kappa shape index (κ2) is 10.9. The Morgan fingerprint density at radius 2 is 1.63 bits per heavy atom. The van der Waals surface area contributed by atoms with Gasteiger partial charge in [-0.25, -0.2) is 0 Å². The van der Waals surface area contributed by atoms with E-state index in [4.69, 9.17) is 0 Å². The molecule has 2 aromatic rings. The fraction of sp³-hybridized carbons (Fsp3) is 0.188. The largest absolute Gasteiger partial charge is 0.350 e. The Morgan fingerprint density at radius 1 is 1.05 bits per heavy atom. The van der Waals surface area contributed by atoms with Gasteiger partial charge in [-0.05, 0) is 12.1 Å². The molecule has 0 spiro atoms. The van der Waals surface area contributed by atoms with Crippen molar-refractivity contribution in [3.05, 3.63) is 71.8 Å². The van der Waals surface area contributed by atoms with E-state index in [1.165, 1.54) is 0 Å². The van der Waals surface area contributed by atoms with Crippen molar-refractivity contribution in [3.63, 3.8) is 0 Å². The molecule has 0 heterocycles. The zero-order valence-corrected chi connectivity index (χ0v) is 14.2. The van der Waals surface area contributed by atoms with E-state index < -0.39 is 0 Å². The van der Waals surface area contributed by atoms with E-state index in [-0.39, 0.29) is 38.6 Å². The third kappa shape index (κ3) is 6.65. The van der Waals surface area contributed by atoms with Gasteiger partial charge in [0.05, 0.1) is 0 Å². The number of hydrogen-bond acceptors (Lipinski definition) is 1. The Bertz CT molecular complexity index is 457. The fourth-order valence-corrected chi connectivity index (χ4v) is 1.41. The average Bonchev–Trinajstić information content (AvgIpc) is 2.49. The summed E-state index contributed by atoms with van der Waals surface area (Å²) in [6, 6.07) is 19.7. The Labute approximate surface area is 140 Å². The van der Waals surface area contributed by atoms with Crippen molar-refractivity contribution >= 4 is 5.91 Å². The monoisotopic (exact) mass is 329 g/mol. The molecule has 0 atom stereocenters. The van der Waals surface area contributed by atoms with Gasteiger partial charge in [0.25, 0.3) is 5.91 Å². The summed E-state index contributed by atoms with van der Waals surface area (Å²) in [5.41, 5.74) is 1.76. The maximum Gasteiger partial charge on any atom is 0.251 e. The number of nitrogens with one attached hydrogen (secondary N) is 1. The molecule has 2 nitrogen and oxygen atoms in total. The van der Waals surface area contributed by atoms with Gasteiger partial charge in [0, 0.05) is 44.8 Å². The zero-order valence-electron chi connectivity index (χ0n) is 11.4. The number of rotatable bonds is 3. The Hall–Kier alpha value is -0.986. The predicted octanol–water partition coefficient (Wildman–Crippen LogP) is 3.44. The van der Waals surface area contributed by atoms with E-state index >= 15 is 0 Å². The van der Waals surface area contributed by atoms with Crippen molar-refractivity contribution in [2.24, 2.45) is 0 Å². The van der Waals surface area contributed by atoms with Crippen LogP contribution in [0.5, 0.6) is 0 Å². The molecular formula is C16H18NOY-. The minimum Gasteiger partial charge on any atom is -0.350 e. The summed E-state index contributed by atoms with van der Waals surface area (Å²) in [5, 5.41) is 2.86. The normalized spacial score (nSPS) is 8.53. The molecule has 0 saturated carbocycles. The standard InChI is InChI=1S/C14H12NO.C2H6.Y/c16-14(13-9-5-2-6-10-13)15-11-12-7-3-1-4-8-12;1-2;/h2-10H,11H2,(H,15,16);1-2H3;/q-1;;. The van der Waals surface area contributed by atoms with Crippen LogP contribution in [0.2, 0.25) is 0 Å². The van der Waals surface area contributed by atoms with Crippen LogP contribution in [-0.2, 0) is 39.3 Å². The van der Waals surface area contributed by atoms with Crippen LogP contribution in [0.15, 0.2) is 54.6 Å². The van der Waals surface area contributed by atoms with E-state index in [1.807, 2.05) is 56.3 Å². The van der Waals surface area contributed by atoms with Crippen LogP contribution in [0.3, 0.4) is 0 Å². The van der Waals surface area contributed by atoms with Crippen molar-refractivity contribution in [2.45, 2.75) is 20.4 Å². The molecule has 3 heteroatoms. The summed E-state index contributed by atoms with van der Waals surface area (Å²) in [7, 11) is 0. The number of carbonyl (C=O) groups excluding carboxylic acids is 1. The van der Waals surface area contributed by atoms with Crippen LogP contribution in [0.25, 0.3) is 0 Å². The van der Waals surface area contributed by atoms with Gasteiger partial charge < -0.3 is 5.32 Å². The van der Waals surface area contributed by atoms with Gasteiger partial charge in [-0.2, -0.15) is 30.3 Å². The topological polar surface area (TPSA) is 29.1 Å². The van der Waals surface area contributed by atoms with Crippen molar-refractivity contribution < 1.29 is 37.5 Å². The van der Waals surface area contributed by atoms with Crippen LogP contribution in [0.1, 0.15) is 29.8 Å². The van der Waals surface area contributed by atoms with E-state index in [2.05, 4.69) is 11.4 Å². The number of carbonyl (C=O) groups is 1. The van der Waals surface area contributed by atoms with Gasteiger partial charge >= 0.3 is 0 Å². The number of amides is 1. The molecule has 0 bridgehead atoms. The SMILES string of the molecule is CC.O=C(NCc1cc[c-]cc1)c1ccccc1.[Y]. The molecule has 1 N–H and O–H groups in total. The third-order valence-corrected chi connectivity index (χ3v) is 2.28. The van der Waals surface area contributed by atoms with E-state index in [1.54, 1.807) is 12.1 Å². The molecule has 2 rings (SSSR count). The van der Waals surface area contributed by atoms with Crippen molar-refractivity contribution in [1.82, 2.24) is 5.32 Å². The second-order valence-electron chi connectivity index (χ2n) is 3.46. The van der Waals surface area contributed by atoms with Gasteiger partial charge in [0.1, 0.15) is 0 Å². The van der Waals surface area contributed by atoms with Gasteiger partial charge in [0.2, 0.25) is 0 Å². The minimum atomic E-state index is -0.0477. The summed E-state index contributed by atoms with van der Waals surface area (Å²) < 4.78 is 0. The molecule has 1 radical (unpaired) electrons. The molecule has 2 aromatic carbocycles. The average molecular weight is 329 g/mol. The summed E-state index contributed by atoms with van der Waals surface area (Å²) in [6.45, 7) is 4.54. The third-order valence-electron chi connectivity index (χ3n) is 2.28. The molecule has 0 saturated heterocycles. The molecule has 19 heavy (non-hydrogen) atoms. The molecule has 0 aliphatic heterocycles. The first-order chi connectivity index (χ1) is 8.86. The molecule has 0 unspecified atom stereocenters. The Morgan fingerprint density at radius 3 is 2.21 bits per heavy atom. The molecule has 1 amide bonds. The smallest absolute Gasteiger partial charge is 0.251 e. The maximum absolute atomic E-state index is 11.7. The first-order valence-corrected chi connectivity index (χ1v) is 6.14. The quantitative estimate of drug-likeness (QED) is 0.859. The molecule has 97 valence electrons. The number of benzene rings is 2. The van der Waals surface area contributed by atoms with Gasteiger partial charge in [-0.15, -0.1) is 5.56 Å². The molecular weight excluding hydrogens is 311 g/mol. The van der Waals surface area contributed by atoms with Crippen LogP contribution in [0, 0.1) is 6.07 Å². The Balaban J connectivity index is 0.00000103. The molecule has 0 aliphatic carbocycles. The first kappa shape index (κ1) is 18.0. The van der Waals surface area contributed by atoms with Gasteiger partial charge in [0.15, 0.2) is 0 Å². The Kier molecular flexibility index (Phi) is 10.3. The zero-order chi connectivity index (χ0) is 13.2. The van der Waals surface area contributed by atoms with E-state index in [9.17, 15) is 4.79 Å². The van der Waals surface area contributed by atoms with E-state index in [0.29, 0.717) is 12.1 Å². The van der Waals surface area contributed by atoms with Crippen LogP contribution in [0.4, 0.5) is 0 Å².